The minimum Gasteiger partial charge on any atom is -0.508 e. The molecule has 0 fully saturated rings. The van der Waals surface area contributed by atoms with E-state index in [9.17, 15) is 5.11 Å². The van der Waals surface area contributed by atoms with Crippen LogP contribution in [0.3, 0.4) is 0 Å². The minimum absolute atomic E-state index is 0.389. The number of aromatic hydroxyl groups is 1. The highest BCUT2D eigenvalue weighted by atomic mass is 16.3. The Morgan fingerprint density at radius 2 is 1.33 bits per heavy atom. The van der Waals surface area contributed by atoms with Crippen LogP contribution in [0.1, 0.15) is 96.0 Å². The Hall–Kier alpha value is -1.24. The van der Waals surface area contributed by atoms with Crippen molar-refractivity contribution >= 4 is 0 Å². The molecule has 0 atom stereocenters. The zero-order valence-electron chi connectivity index (χ0n) is 15.8. The van der Waals surface area contributed by atoms with E-state index < -0.39 is 0 Å². The van der Waals surface area contributed by atoms with E-state index in [-0.39, 0.29) is 0 Å². The first kappa shape index (κ1) is 20.8. The Kier molecular flexibility index (Phi) is 13.3. The van der Waals surface area contributed by atoms with Crippen LogP contribution in [0, 0.1) is 0 Å². The van der Waals surface area contributed by atoms with Crippen molar-refractivity contribution in [1.82, 2.24) is 0 Å². The number of unbranched alkanes of at least 4 members (excludes halogenated alkanes) is 11. The van der Waals surface area contributed by atoms with Crippen LogP contribution >= 0.6 is 0 Å². The molecule has 1 heteroatoms. The second-order valence-electron chi connectivity index (χ2n) is 7.00. The monoisotopic (exact) mass is 330 g/mol. The first-order chi connectivity index (χ1) is 11.8. The molecule has 0 aliphatic heterocycles. The van der Waals surface area contributed by atoms with Crippen LogP contribution in [0.2, 0.25) is 0 Å². The molecule has 1 N–H and O–H groups in total. The first-order valence-corrected chi connectivity index (χ1v) is 10.3. The third kappa shape index (κ3) is 12.2. The molecule has 0 aliphatic carbocycles. The van der Waals surface area contributed by atoms with E-state index in [1.54, 1.807) is 6.07 Å². The molecule has 0 aromatic heterocycles. The Labute approximate surface area is 150 Å². The standard InChI is InChI=1S/C23H38O/c1-2-3-4-5-6-7-8-9-10-11-12-13-14-15-16-18-22-19-17-20-23(24)21-22/h9-10,17,19-21,24H,2-8,11-16,18H2,1H3/b10-9-. The van der Waals surface area contributed by atoms with Crippen molar-refractivity contribution in [1.29, 1.82) is 0 Å². The molecule has 0 spiro atoms. The summed E-state index contributed by atoms with van der Waals surface area (Å²) in [6.45, 7) is 2.28. The smallest absolute Gasteiger partial charge is 0.115 e. The van der Waals surface area contributed by atoms with Gasteiger partial charge in [-0.05, 0) is 56.2 Å². The normalized spacial score (nSPS) is 11.4. The van der Waals surface area contributed by atoms with Gasteiger partial charge in [0.1, 0.15) is 5.75 Å². The fourth-order valence-electron chi connectivity index (χ4n) is 3.11. The lowest BCUT2D eigenvalue weighted by Gasteiger charge is -2.02. The van der Waals surface area contributed by atoms with Gasteiger partial charge in [-0.2, -0.15) is 0 Å². The molecular formula is C23H38O. The number of aryl methyl sites for hydroxylation is 1. The molecule has 0 amide bonds. The van der Waals surface area contributed by atoms with Crippen molar-refractivity contribution in [3.63, 3.8) is 0 Å². The Bertz CT molecular complexity index is 422. The topological polar surface area (TPSA) is 20.2 Å². The van der Waals surface area contributed by atoms with Gasteiger partial charge in [0.2, 0.25) is 0 Å². The van der Waals surface area contributed by atoms with Gasteiger partial charge >= 0.3 is 0 Å². The summed E-state index contributed by atoms with van der Waals surface area (Å²) >= 11 is 0. The molecule has 0 aliphatic rings. The number of hydrogen-bond donors (Lipinski definition) is 1. The third-order valence-electron chi connectivity index (χ3n) is 4.64. The number of allylic oxidation sites excluding steroid dienone is 2. The lowest BCUT2D eigenvalue weighted by molar-refractivity contribution is 0.474. The van der Waals surface area contributed by atoms with E-state index in [0.29, 0.717) is 5.75 Å². The largest absolute Gasteiger partial charge is 0.508 e. The van der Waals surface area contributed by atoms with Crippen molar-refractivity contribution in [2.24, 2.45) is 0 Å². The number of hydrogen-bond acceptors (Lipinski definition) is 1. The molecule has 0 saturated carbocycles. The number of phenolic OH excluding ortho intramolecular Hbond substituents is 1. The molecule has 1 aromatic rings. The summed E-state index contributed by atoms with van der Waals surface area (Å²) in [4.78, 5) is 0. The summed E-state index contributed by atoms with van der Waals surface area (Å²) in [6.07, 6.45) is 23.3. The van der Waals surface area contributed by atoms with E-state index in [1.165, 1.54) is 89.0 Å². The van der Waals surface area contributed by atoms with Gasteiger partial charge in [-0.3, -0.25) is 0 Å². The van der Waals surface area contributed by atoms with E-state index >= 15 is 0 Å². The van der Waals surface area contributed by atoms with Crippen LogP contribution in [-0.4, -0.2) is 5.11 Å². The molecule has 0 unspecified atom stereocenters. The molecule has 0 bridgehead atoms. The summed E-state index contributed by atoms with van der Waals surface area (Å²) in [5.74, 6) is 0.389. The predicted molar refractivity (Wildman–Crippen MR) is 107 cm³/mol. The molecule has 1 aromatic carbocycles. The van der Waals surface area contributed by atoms with Gasteiger partial charge in [-0.25, -0.2) is 0 Å². The Morgan fingerprint density at radius 1 is 0.750 bits per heavy atom. The number of rotatable bonds is 15. The SMILES string of the molecule is CCCCCCCC/C=C\CCCCCCCc1cccc(O)c1. The van der Waals surface area contributed by atoms with Crippen LogP contribution in [-0.2, 0) is 6.42 Å². The quantitative estimate of drug-likeness (QED) is 0.259. The fourth-order valence-corrected chi connectivity index (χ4v) is 3.11. The van der Waals surface area contributed by atoms with Gasteiger partial charge in [0.15, 0.2) is 0 Å². The highest BCUT2D eigenvalue weighted by Crippen LogP contribution is 2.15. The molecule has 136 valence electrons. The molecule has 0 radical (unpaired) electrons. The van der Waals surface area contributed by atoms with E-state index in [2.05, 4.69) is 25.1 Å². The Morgan fingerprint density at radius 3 is 1.96 bits per heavy atom. The lowest BCUT2D eigenvalue weighted by atomic mass is 10.0. The minimum atomic E-state index is 0.389. The average Bonchev–Trinajstić information content (AvgIpc) is 2.58. The average molecular weight is 331 g/mol. The predicted octanol–water partition coefficient (Wildman–Crippen LogP) is 7.58. The van der Waals surface area contributed by atoms with Crippen molar-refractivity contribution in [2.75, 3.05) is 0 Å². The molecule has 0 heterocycles. The maximum absolute atomic E-state index is 9.43. The molecule has 24 heavy (non-hydrogen) atoms. The highest BCUT2D eigenvalue weighted by molar-refractivity contribution is 5.27. The maximum atomic E-state index is 9.43. The maximum Gasteiger partial charge on any atom is 0.115 e. The van der Waals surface area contributed by atoms with Crippen molar-refractivity contribution in [3.8, 4) is 5.75 Å². The molecular weight excluding hydrogens is 292 g/mol. The molecule has 0 saturated heterocycles. The van der Waals surface area contributed by atoms with Crippen LogP contribution < -0.4 is 0 Å². The summed E-state index contributed by atoms with van der Waals surface area (Å²) < 4.78 is 0. The zero-order valence-corrected chi connectivity index (χ0v) is 15.8. The van der Waals surface area contributed by atoms with Gasteiger partial charge in [0.05, 0.1) is 0 Å². The van der Waals surface area contributed by atoms with Crippen LogP contribution in [0.4, 0.5) is 0 Å². The third-order valence-corrected chi connectivity index (χ3v) is 4.64. The van der Waals surface area contributed by atoms with Gasteiger partial charge in [0, 0.05) is 0 Å². The zero-order chi connectivity index (χ0) is 17.3. The van der Waals surface area contributed by atoms with Gasteiger partial charge in [0.25, 0.3) is 0 Å². The summed E-state index contributed by atoms with van der Waals surface area (Å²) in [5, 5.41) is 9.43. The lowest BCUT2D eigenvalue weighted by Crippen LogP contribution is -1.86. The van der Waals surface area contributed by atoms with Crippen LogP contribution in [0.25, 0.3) is 0 Å². The van der Waals surface area contributed by atoms with E-state index in [0.717, 1.165) is 6.42 Å². The second-order valence-corrected chi connectivity index (χ2v) is 7.00. The highest BCUT2D eigenvalue weighted by Gasteiger charge is 1.95. The Balaban J connectivity index is 1.82. The molecule has 1 nitrogen and oxygen atoms in total. The summed E-state index contributed by atoms with van der Waals surface area (Å²) in [5.41, 5.74) is 1.26. The first-order valence-electron chi connectivity index (χ1n) is 10.3. The van der Waals surface area contributed by atoms with Gasteiger partial charge in [-0.1, -0.05) is 82.6 Å². The fraction of sp³-hybridized carbons (Fsp3) is 0.652. The number of phenols is 1. The number of benzene rings is 1. The van der Waals surface area contributed by atoms with Gasteiger partial charge in [-0.15, -0.1) is 0 Å². The van der Waals surface area contributed by atoms with Crippen molar-refractivity contribution in [3.05, 3.63) is 42.0 Å². The van der Waals surface area contributed by atoms with Crippen molar-refractivity contribution in [2.45, 2.75) is 96.8 Å². The van der Waals surface area contributed by atoms with Gasteiger partial charge < -0.3 is 5.11 Å². The van der Waals surface area contributed by atoms with Crippen LogP contribution in [0.5, 0.6) is 5.75 Å². The van der Waals surface area contributed by atoms with E-state index in [1.807, 2.05) is 12.1 Å². The summed E-state index contributed by atoms with van der Waals surface area (Å²) in [7, 11) is 0. The van der Waals surface area contributed by atoms with Crippen molar-refractivity contribution < 1.29 is 5.11 Å². The summed E-state index contributed by atoms with van der Waals surface area (Å²) in [6, 6.07) is 7.66. The van der Waals surface area contributed by atoms with E-state index in [4.69, 9.17) is 0 Å². The second kappa shape index (κ2) is 15.3. The van der Waals surface area contributed by atoms with Crippen LogP contribution in [0.15, 0.2) is 36.4 Å². The molecule has 1 rings (SSSR count).